The van der Waals surface area contributed by atoms with Gasteiger partial charge in [-0.05, 0) is 36.6 Å². The monoisotopic (exact) mass is 277 g/mol. The average Bonchev–Trinajstić information content (AvgIpc) is 2.18. The molecular formula is C10H13BrFNS. The first kappa shape index (κ1) is 12.0. The van der Waals surface area contributed by atoms with E-state index in [0.29, 0.717) is 5.56 Å². The minimum atomic E-state index is -0.221. The highest BCUT2D eigenvalue weighted by molar-refractivity contribution is 9.10. The molecule has 0 aliphatic carbocycles. The number of halogens is 2. The predicted molar refractivity (Wildman–Crippen MR) is 64.0 cm³/mol. The van der Waals surface area contributed by atoms with Crippen LogP contribution in [0.3, 0.4) is 0 Å². The van der Waals surface area contributed by atoms with Crippen LogP contribution in [0.1, 0.15) is 18.0 Å². The Balaban J connectivity index is 2.77. The van der Waals surface area contributed by atoms with Crippen LogP contribution in [0.25, 0.3) is 0 Å². The summed E-state index contributed by atoms with van der Waals surface area (Å²) in [6.07, 6.45) is 2.82. The molecule has 0 aliphatic rings. The van der Waals surface area contributed by atoms with Crippen LogP contribution in [0.2, 0.25) is 0 Å². The Bertz CT molecular complexity index is 306. The molecule has 14 heavy (non-hydrogen) atoms. The molecule has 0 saturated heterocycles. The molecule has 0 saturated carbocycles. The minimum Gasteiger partial charge on any atom is -0.324 e. The van der Waals surface area contributed by atoms with Gasteiger partial charge in [0.2, 0.25) is 0 Å². The van der Waals surface area contributed by atoms with Crippen molar-refractivity contribution in [1.82, 2.24) is 0 Å². The number of rotatable bonds is 4. The number of thioether (sulfide) groups is 1. The first-order valence-electron chi connectivity index (χ1n) is 4.34. The minimum absolute atomic E-state index is 0.208. The standard InChI is InChI=1S/C10H13BrFNS/c1-14-5-4-10(13)8-6-7(11)2-3-9(8)12/h2-3,6,10H,4-5,13H2,1H3. The molecule has 0 spiro atoms. The van der Waals surface area contributed by atoms with Gasteiger partial charge in [0.15, 0.2) is 0 Å². The van der Waals surface area contributed by atoms with Crippen LogP contribution >= 0.6 is 27.7 Å². The van der Waals surface area contributed by atoms with Crippen LogP contribution in [0.15, 0.2) is 22.7 Å². The molecule has 1 nitrogen and oxygen atoms in total. The van der Waals surface area contributed by atoms with Gasteiger partial charge in [-0.2, -0.15) is 11.8 Å². The summed E-state index contributed by atoms with van der Waals surface area (Å²) in [5.41, 5.74) is 6.47. The van der Waals surface area contributed by atoms with Crippen LogP contribution in [-0.4, -0.2) is 12.0 Å². The van der Waals surface area contributed by atoms with Crippen LogP contribution in [-0.2, 0) is 0 Å². The lowest BCUT2D eigenvalue weighted by Gasteiger charge is -2.12. The predicted octanol–water partition coefficient (Wildman–Crippen LogP) is 3.34. The maximum absolute atomic E-state index is 13.3. The highest BCUT2D eigenvalue weighted by atomic mass is 79.9. The number of hydrogen-bond donors (Lipinski definition) is 1. The summed E-state index contributed by atoms with van der Waals surface area (Å²) < 4.78 is 14.2. The zero-order valence-corrected chi connectivity index (χ0v) is 10.4. The third-order valence-corrected chi connectivity index (χ3v) is 3.13. The SMILES string of the molecule is CSCCC(N)c1cc(Br)ccc1F. The zero-order valence-electron chi connectivity index (χ0n) is 7.97. The van der Waals surface area contributed by atoms with Crippen molar-refractivity contribution in [1.29, 1.82) is 0 Å². The molecular weight excluding hydrogens is 265 g/mol. The Hall–Kier alpha value is -0.0600. The van der Waals surface area contributed by atoms with Crippen molar-refractivity contribution in [3.05, 3.63) is 34.1 Å². The summed E-state index contributed by atoms with van der Waals surface area (Å²) in [4.78, 5) is 0. The Morgan fingerprint density at radius 2 is 2.29 bits per heavy atom. The molecule has 4 heteroatoms. The molecule has 2 N–H and O–H groups in total. The summed E-state index contributed by atoms with van der Waals surface area (Å²) in [6, 6.07) is 4.67. The highest BCUT2D eigenvalue weighted by Crippen LogP contribution is 2.23. The normalized spacial score (nSPS) is 12.9. The fourth-order valence-corrected chi connectivity index (χ4v) is 2.07. The van der Waals surface area contributed by atoms with E-state index in [9.17, 15) is 4.39 Å². The van der Waals surface area contributed by atoms with Crippen molar-refractivity contribution < 1.29 is 4.39 Å². The van der Waals surface area contributed by atoms with E-state index in [2.05, 4.69) is 15.9 Å². The van der Waals surface area contributed by atoms with Gasteiger partial charge < -0.3 is 5.73 Å². The third kappa shape index (κ3) is 3.26. The lowest BCUT2D eigenvalue weighted by molar-refractivity contribution is 0.576. The first-order valence-corrected chi connectivity index (χ1v) is 6.53. The second kappa shape index (κ2) is 5.73. The van der Waals surface area contributed by atoms with Gasteiger partial charge in [-0.15, -0.1) is 0 Å². The van der Waals surface area contributed by atoms with E-state index < -0.39 is 0 Å². The Kier molecular flexibility index (Phi) is 4.92. The maximum atomic E-state index is 13.3. The molecule has 0 heterocycles. The van der Waals surface area contributed by atoms with Gasteiger partial charge >= 0.3 is 0 Å². The molecule has 1 aromatic rings. The van der Waals surface area contributed by atoms with E-state index in [1.54, 1.807) is 23.9 Å². The number of nitrogens with two attached hydrogens (primary N) is 1. The van der Waals surface area contributed by atoms with Gasteiger partial charge in [-0.1, -0.05) is 15.9 Å². The molecule has 1 rings (SSSR count). The molecule has 0 fully saturated rings. The second-order valence-electron chi connectivity index (χ2n) is 3.05. The molecule has 1 atom stereocenters. The first-order chi connectivity index (χ1) is 6.65. The molecule has 1 unspecified atom stereocenters. The summed E-state index contributed by atoms with van der Waals surface area (Å²) in [5.74, 6) is 0.731. The van der Waals surface area contributed by atoms with E-state index >= 15 is 0 Å². The van der Waals surface area contributed by atoms with Crippen molar-refractivity contribution in [2.45, 2.75) is 12.5 Å². The number of benzene rings is 1. The molecule has 0 radical (unpaired) electrons. The lowest BCUT2D eigenvalue weighted by Crippen LogP contribution is -2.13. The summed E-state index contributed by atoms with van der Waals surface area (Å²) >= 11 is 5.03. The third-order valence-electron chi connectivity index (χ3n) is 1.99. The van der Waals surface area contributed by atoms with E-state index in [0.717, 1.165) is 16.6 Å². The van der Waals surface area contributed by atoms with Crippen LogP contribution in [0.5, 0.6) is 0 Å². The van der Waals surface area contributed by atoms with Gasteiger partial charge in [-0.25, -0.2) is 4.39 Å². The molecule has 0 amide bonds. The van der Waals surface area contributed by atoms with Crippen LogP contribution in [0.4, 0.5) is 4.39 Å². The van der Waals surface area contributed by atoms with E-state index in [1.807, 2.05) is 6.26 Å². The fraction of sp³-hybridized carbons (Fsp3) is 0.400. The van der Waals surface area contributed by atoms with Crippen LogP contribution < -0.4 is 5.73 Å². The fourth-order valence-electron chi connectivity index (χ4n) is 1.20. The molecule has 1 aromatic carbocycles. The van der Waals surface area contributed by atoms with Gasteiger partial charge in [0.25, 0.3) is 0 Å². The molecule has 78 valence electrons. The van der Waals surface area contributed by atoms with Crippen molar-refractivity contribution in [2.75, 3.05) is 12.0 Å². The van der Waals surface area contributed by atoms with Gasteiger partial charge in [0, 0.05) is 16.1 Å². The Labute approximate surface area is 96.4 Å². The largest absolute Gasteiger partial charge is 0.324 e. The molecule has 0 aromatic heterocycles. The number of hydrogen-bond acceptors (Lipinski definition) is 2. The molecule has 0 bridgehead atoms. The van der Waals surface area contributed by atoms with Crippen molar-refractivity contribution >= 4 is 27.7 Å². The smallest absolute Gasteiger partial charge is 0.128 e. The topological polar surface area (TPSA) is 26.0 Å². The maximum Gasteiger partial charge on any atom is 0.128 e. The van der Waals surface area contributed by atoms with Crippen LogP contribution in [0, 0.1) is 5.82 Å². The van der Waals surface area contributed by atoms with Crippen molar-refractivity contribution in [2.24, 2.45) is 5.73 Å². The molecule has 0 aliphatic heterocycles. The van der Waals surface area contributed by atoms with E-state index in [4.69, 9.17) is 5.73 Å². The second-order valence-corrected chi connectivity index (χ2v) is 4.96. The van der Waals surface area contributed by atoms with Gasteiger partial charge in [0.1, 0.15) is 5.82 Å². The van der Waals surface area contributed by atoms with E-state index in [-0.39, 0.29) is 11.9 Å². The van der Waals surface area contributed by atoms with Crippen molar-refractivity contribution in [3.8, 4) is 0 Å². The summed E-state index contributed by atoms with van der Waals surface area (Å²) in [5, 5.41) is 0. The van der Waals surface area contributed by atoms with Crippen molar-refractivity contribution in [3.63, 3.8) is 0 Å². The Morgan fingerprint density at radius 3 is 2.93 bits per heavy atom. The zero-order chi connectivity index (χ0) is 10.6. The van der Waals surface area contributed by atoms with E-state index in [1.165, 1.54) is 6.07 Å². The quantitative estimate of drug-likeness (QED) is 0.914. The van der Waals surface area contributed by atoms with Gasteiger partial charge in [-0.3, -0.25) is 0 Å². The summed E-state index contributed by atoms with van der Waals surface area (Å²) in [6.45, 7) is 0. The average molecular weight is 278 g/mol. The van der Waals surface area contributed by atoms with Gasteiger partial charge in [0.05, 0.1) is 0 Å². The Morgan fingerprint density at radius 1 is 1.57 bits per heavy atom. The lowest BCUT2D eigenvalue weighted by atomic mass is 10.1. The summed E-state index contributed by atoms with van der Waals surface area (Å²) in [7, 11) is 0. The highest BCUT2D eigenvalue weighted by Gasteiger charge is 2.11.